The molecule has 0 bridgehead atoms. The standard InChI is InChI=1S/C12H15N3O3S/c1-3-11-8(2)14-15(12(11)16)9-4-6-10(7-5-9)19(13,17)18/h4-7,14H,3H2,1-2H3,(H2,13,17,18). The number of sulfonamides is 1. The number of hydrogen-bond donors (Lipinski definition) is 2. The highest BCUT2D eigenvalue weighted by Gasteiger charge is 2.12. The number of rotatable bonds is 3. The number of aromatic nitrogens is 2. The Labute approximate surface area is 110 Å². The monoisotopic (exact) mass is 281 g/mol. The number of aryl methyl sites for hydroxylation is 1. The number of aromatic amines is 1. The molecule has 6 nitrogen and oxygen atoms in total. The zero-order valence-corrected chi connectivity index (χ0v) is 11.5. The quantitative estimate of drug-likeness (QED) is 0.865. The summed E-state index contributed by atoms with van der Waals surface area (Å²) in [6, 6.07) is 5.82. The minimum atomic E-state index is -3.72. The van der Waals surface area contributed by atoms with Gasteiger partial charge in [0.15, 0.2) is 0 Å². The molecule has 0 radical (unpaired) electrons. The van der Waals surface area contributed by atoms with Gasteiger partial charge in [0.1, 0.15) is 0 Å². The van der Waals surface area contributed by atoms with Crippen LogP contribution in [0.4, 0.5) is 0 Å². The van der Waals surface area contributed by atoms with Crippen LogP contribution in [-0.4, -0.2) is 18.2 Å². The predicted molar refractivity (Wildman–Crippen MR) is 71.9 cm³/mol. The molecule has 0 aliphatic heterocycles. The molecule has 0 amide bonds. The van der Waals surface area contributed by atoms with Crippen molar-refractivity contribution in [3.05, 3.63) is 45.9 Å². The Kier molecular flexibility index (Phi) is 3.34. The molecule has 0 atom stereocenters. The van der Waals surface area contributed by atoms with Crippen LogP contribution in [0.15, 0.2) is 34.0 Å². The fourth-order valence-corrected chi connectivity index (χ4v) is 2.48. The molecular formula is C12H15N3O3S. The van der Waals surface area contributed by atoms with Crippen molar-refractivity contribution in [2.24, 2.45) is 5.14 Å². The average molecular weight is 281 g/mol. The normalized spacial score (nSPS) is 11.7. The molecular weight excluding hydrogens is 266 g/mol. The van der Waals surface area contributed by atoms with E-state index in [9.17, 15) is 13.2 Å². The van der Waals surface area contributed by atoms with Crippen molar-refractivity contribution in [2.75, 3.05) is 0 Å². The van der Waals surface area contributed by atoms with E-state index in [0.29, 0.717) is 12.1 Å². The maximum Gasteiger partial charge on any atom is 0.274 e. The molecule has 1 aromatic heterocycles. The number of H-pyrrole nitrogens is 1. The minimum absolute atomic E-state index is 0.0169. The van der Waals surface area contributed by atoms with E-state index >= 15 is 0 Å². The van der Waals surface area contributed by atoms with Gasteiger partial charge in [-0.15, -0.1) is 0 Å². The average Bonchev–Trinajstić information content (AvgIpc) is 2.63. The van der Waals surface area contributed by atoms with Crippen LogP contribution >= 0.6 is 0 Å². The van der Waals surface area contributed by atoms with E-state index in [2.05, 4.69) is 5.10 Å². The lowest BCUT2D eigenvalue weighted by Gasteiger charge is -2.03. The number of nitrogens with two attached hydrogens (primary N) is 1. The second-order valence-electron chi connectivity index (χ2n) is 4.25. The van der Waals surface area contributed by atoms with E-state index in [-0.39, 0.29) is 10.5 Å². The van der Waals surface area contributed by atoms with E-state index in [1.54, 1.807) is 0 Å². The van der Waals surface area contributed by atoms with Crippen molar-refractivity contribution in [3.8, 4) is 5.69 Å². The summed E-state index contributed by atoms with van der Waals surface area (Å²) in [5, 5.41) is 7.98. The van der Waals surface area contributed by atoms with Gasteiger partial charge in [-0.2, -0.15) is 0 Å². The van der Waals surface area contributed by atoms with Crippen molar-refractivity contribution < 1.29 is 8.42 Å². The highest BCUT2D eigenvalue weighted by molar-refractivity contribution is 7.89. The molecule has 0 saturated heterocycles. The van der Waals surface area contributed by atoms with Gasteiger partial charge in [-0.1, -0.05) is 6.92 Å². The summed E-state index contributed by atoms with van der Waals surface area (Å²) in [5.74, 6) is 0. The summed E-state index contributed by atoms with van der Waals surface area (Å²) in [4.78, 5) is 12.1. The molecule has 0 spiro atoms. The van der Waals surface area contributed by atoms with Crippen LogP contribution in [0.25, 0.3) is 5.69 Å². The third-order valence-corrected chi connectivity index (χ3v) is 3.90. The van der Waals surface area contributed by atoms with Gasteiger partial charge in [-0.3, -0.25) is 9.89 Å². The van der Waals surface area contributed by atoms with Crippen LogP contribution in [0.2, 0.25) is 0 Å². The fourth-order valence-electron chi connectivity index (χ4n) is 1.96. The largest absolute Gasteiger partial charge is 0.295 e. The first-order valence-corrected chi connectivity index (χ1v) is 7.33. The van der Waals surface area contributed by atoms with Crippen LogP contribution in [0, 0.1) is 6.92 Å². The van der Waals surface area contributed by atoms with Gasteiger partial charge < -0.3 is 0 Å². The van der Waals surface area contributed by atoms with Crippen LogP contribution in [0.1, 0.15) is 18.2 Å². The molecule has 0 saturated carbocycles. The van der Waals surface area contributed by atoms with Crippen LogP contribution in [0.3, 0.4) is 0 Å². The summed E-state index contributed by atoms with van der Waals surface area (Å²) in [6.45, 7) is 3.74. The van der Waals surface area contributed by atoms with Crippen molar-refractivity contribution in [1.29, 1.82) is 0 Å². The Bertz CT molecular complexity index is 755. The second-order valence-corrected chi connectivity index (χ2v) is 5.81. The fraction of sp³-hybridized carbons (Fsp3) is 0.250. The molecule has 0 aliphatic rings. The number of nitrogens with zero attached hydrogens (tertiary/aromatic N) is 1. The van der Waals surface area contributed by atoms with Gasteiger partial charge in [-0.25, -0.2) is 18.2 Å². The van der Waals surface area contributed by atoms with E-state index < -0.39 is 10.0 Å². The van der Waals surface area contributed by atoms with E-state index in [4.69, 9.17) is 5.14 Å². The summed E-state index contributed by atoms with van der Waals surface area (Å²) in [5.41, 5.74) is 1.97. The summed E-state index contributed by atoms with van der Waals surface area (Å²) < 4.78 is 23.7. The SMILES string of the molecule is CCc1c(C)[nH]n(-c2ccc(S(N)(=O)=O)cc2)c1=O. The Morgan fingerprint density at radius 3 is 2.26 bits per heavy atom. The number of primary sulfonamides is 1. The zero-order valence-electron chi connectivity index (χ0n) is 10.7. The van der Waals surface area contributed by atoms with Gasteiger partial charge in [0.05, 0.1) is 10.6 Å². The van der Waals surface area contributed by atoms with E-state index in [1.807, 2.05) is 13.8 Å². The maximum atomic E-state index is 12.1. The third-order valence-electron chi connectivity index (χ3n) is 2.97. The van der Waals surface area contributed by atoms with Gasteiger partial charge >= 0.3 is 0 Å². The highest BCUT2D eigenvalue weighted by atomic mass is 32.2. The lowest BCUT2D eigenvalue weighted by atomic mass is 10.2. The minimum Gasteiger partial charge on any atom is -0.295 e. The van der Waals surface area contributed by atoms with Crippen molar-refractivity contribution >= 4 is 10.0 Å². The van der Waals surface area contributed by atoms with Gasteiger partial charge in [0.2, 0.25) is 10.0 Å². The Morgan fingerprint density at radius 1 is 1.26 bits per heavy atom. The summed E-state index contributed by atoms with van der Waals surface area (Å²) >= 11 is 0. The molecule has 0 unspecified atom stereocenters. The molecule has 0 fully saturated rings. The van der Waals surface area contributed by atoms with Gasteiger partial charge in [-0.05, 0) is 37.6 Å². The molecule has 0 aliphatic carbocycles. The van der Waals surface area contributed by atoms with Crippen LogP contribution < -0.4 is 10.7 Å². The van der Waals surface area contributed by atoms with E-state index in [1.165, 1.54) is 28.9 Å². The molecule has 7 heteroatoms. The molecule has 2 aromatic rings. The number of hydrogen-bond acceptors (Lipinski definition) is 3. The molecule has 1 aromatic carbocycles. The topological polar surface area (TPSA) is 97.9 Å². The number of benzene rings is 1. The Hall–Kier alpha value is -1.86. The van der Waals surface area contributed by atoms with Crippen molar-refractivity contribution in [3.63, 3.8) is 0 Å². The van der Waals surface area contributed by atoms with Crippen LogP contribution in [-0.2, 0) is 16.4 Å². The maximum absolute atomic E-state index is 12.1. The lowest BCUT2D eigenvalue weighted by Crippen LogP contribution is -2.17. The Balaban J connectivity index is 2.52. The lowest BCUT2D eigenvalue weighted by molar-refractivity contribution is 0.598. The predicted octanol–water partition coefficient (Wildman–Crippen LogP) is 0.684. The van der Waals surface area contributed by atoms with E-state index in [0.717, 1.165) is 11.3 Å². The molecule has 1 heterocycles. The van der Waals surface area contributed by atoms with Gasteiger partial charge in [0, 0.05) is 11.3 Å². The summed E-state index contributed by atoms with van der Waals surface area (Å²) in [7, 11) is -3.72. The first-order valence-electron chi connectivity index (χ1n) is 5.78. The van der Waals surface area contributed by atoms with Gasteiger partial charge in [0.25, 0.3) is 5.56 Å². The smallest absolute Gasteiger partial charge is 0.274 e. The van der Waals surface area contributed by atoms with Crippen molar-refractivity contribution in [2.45, 2.75) is 25.2 Å². The molecule has 3 N–H and O–H groups in total. The molecule has 19 heavy (non-hydrogen) atoms. The third kappa shape index (κ3) is 2.47. The van der Waals surface area contributed by atoms with Crippen molar-refractivity contribution in [1.82, 2.24) is 9.78 Å². The summed E-state index contributed by atoms with van der Waals surface area (Å²) in [6.07, 6.45) is 0.642. The number of nitrogens with one attached hydrogen (secondary N) is 1. The highest BCUT2D eigenvalue weighted by Crippen LogP contribution is 2.12. The zero-order chi connectivity index (χ0) is 14.2. The Morgan fingerprint density at radius 2 is 1.84 bits per heavy atom. The molecule has 2 rings (SSSR count). The molecule has 102 valence electrons. The van der Waals surface area contributed by atoms with Crippen LogP contribution in [0.5, 0.6) is 0 Å². The first-order chi connectivity index (χ1) is 8.84. The second kappa shape index (κ2) is 4.67. The first kappa shape index (κ1) is 13.6.